The van der Waals surface area contributed by atoms with Gasteiger partial charge < -0.3 is 10.2 Å². The van der Waals surface area contributed by atoms with Crippen LogP contribution < -0.4 is 5.32 Å². The van der Waals surface area contributed by atoms with E-state index >= 15 is 0 Å². The van der Waals surface area contributed by atoms with Crippen molar-refractivity contribution in [3.8, 4) is 0 Å². The molecule has 0 aliphatic carbocycles. The monoisotopic (exact) mass is 431 g/mol. The van der Waals surface area contributed by atoms with Crippen molar-refractivity contribution in [3.05, 3.63) is 59.2 Å². The molecule has 29 heavy (non-hydrogen) atoms. The van der Waals surface area contributed by atoms with E-state index < -0.39 is 44.8 Å². The van der Waals surface area contributed by atoms with Crippen LogP contribution in [0.25, 0.3) is 0 Å². The number of anilines is 1. The third-order valence-corrected chi connectivity index (χ3v) is 6.47. The van der Waals surface area contributed by atoms with Crippen LogP contribution in [0.2, 0.25) is 0 Å². The number of hydrogen-bond donors (Lipinski definition) is 1. The lowest BCUT2D eigenvalue weighted by Crippen LogP contribution is -2.46. The molecule has 1 fully saturated rings. The number of halogens is 4. The highest BCUT2D eigenvalue weighted by atomic mass is 32.2. The van der Waals surface area contributed by atoms with Gasteiger partial charge in [-0.2, -0.15) is 4.31 Å². The number of nitrogens with one attached hydrogen (secondary N) is 1. The smallest absolute Gasteiger partial charge is 0.258 e. The van der Waals surface area contributed by atoms with Gasteiger partial charge in [0.15, 0.2) is 23.3 Å². The molecule has 0 atom stereocenters. The molecule has 0 saturated carbocycles. The van der Waals surface area contributed by atoms with Gasteiger partial charge in [0.25, 0.3) is 5.91 Å². The highest BCUT2D eigenvalue weighted by Crippen LogP contribution is 2.22. The van der Waals surface area contributed by atoms with Crippen molar-refractivity contribution < 1.29 is 30.8 Å². The first-order valence-corrected chi connectivity index (χ1v) is 9.98. The van der Waals surface area contributed by atoms with Gasteiger partial charge >= 0.3 is 0 Å². The maximum absolute atomic E-state index is 13.7. The fourth-order valence-electron chi connectivity index (χ4n) is 2.82. The van der Waals surface area contributed by atoms with Crippen molar-refractivity contribution in [2.75, 3.05) is 38.5 Å². The van der Waals surface area contributed by atoms with E-state index in [0.29, 0.717) is 26.2 Å². The van der Waals surface area contributed by atoms with Crippen LogP contribution >= 0.6 is 0 Å². The lowest BCUT2D eigenvalue weighted by molar-refractivity contribution is 0.102. The Balaban J connectivity index is 1.77. The first-order chi connectivity index (χ1) is 13.6. The molecular weight excluding hydrogens is 414 g/mol. The maximum Gasteiger partial charge on any atom is 0.258 e. The van der Waals surface area contributed by atoms with Crippen molar-refractivity contribution in [1.29, 1.82) is 0 Å². The summed E-state index contributed by atoms with van der Waals surface area (Å²) >= 11 is 0. The number of benzene rings is 2. The normalized spacial score (nSPS) is 16.0. The van der Waals surface area contributed by atoms with Gasteiger partial charge in [0, 0.05) is 31.9 Å². The van der Waals surface area contributed by atoms with Gasteiger partial charge in [-0.05, 0) is 37.4 Å². The molecule has 1 N–H and O–H groups in total. The summed E-state index contributed by atoms with van der Waals surface area (Å²) in [4.78, 5) is 14.1. The summed E-state index contributed by atoms with van der Waals surface area (Å²) in [5.41, 5.74) is -0.951. The van der Waals surface area contributed by atoms with Gasteiger partial charge in [0.1, 0.15) is 0 Å². The molecule has 0 radical (unpaired) electrons. The molecule has 2 aromatic rings. The highest BCUT2D eigenvalue weighted by molar-refractivity contribution is 7.89. The maximum atomic E-state index is 13.7. The predicted molar refractivity (Wildman–Crippen MR) is 96.9 cm³/mol. The van der Waals surface area contributed by atoms with Crippen molar-refractivity contribution in [2.24, 2.45) is 0 Å². The molecular formula is C18H17F4N3O3S. The molecule has 1 heterocycles. The van der Waals surface area contributed by atoms with E-state index in [-0.39, 0.29) is 16.6 Å². The van der Waals surface area contributed by atoms with E-state index in [2.05, 4.69) is 5.32 Å². The second-order valence-electron chi connectivity index (χ2n) is 6.53. The number of amides is 1. The van der Waals surface area contributed by atoms with Gasteiger partial charge in [-0.1, -0.05) is 0 Å². The Morgan fingerprint density at radius 1 is 0.931 bits per heavy atom. The fraction of sp³-hybridized carbons (Fsp3) is 0.278. The minimum atomic E-state index is -3.71. The summed E-state index contributed by atoms with van der Waals surface area (Å²) in [5.74, 6) is -8.85. The summed E-state index contributed by atoms with van der Waals surface area (Å²) < 4.78 is 79.9. The van der Waals surface area contributed by atoms with E-state index in [4.69, 9.17) is 0 Å². The van der Waals surface area contributed by atoms with Crippen LogP contribution in [0.3, 0.4) is 0 Å². The first-order valence-electron chi connectivity index (χ1n) is 8.54. The average Bonchev–Trinajstić information content (AvgIpc) is 2.69. The summed E-state index contributed by atoms with van der Waals surface area (Å²) in [6.07, 6.45) is 0. The molecule has 1 aliphatic rings. The zero-order valence-corrected chi connectivity index (χ0v) is 16.1. The van der Waals surface area contributed by atoms with Gasteiger partial charge in [-0.25, -0.2) is 26.0 Å². The third-order valence-electron chi connectivity index (χ3n) is 4.56. The summed E-state index contributed by atoms with van der Waals surface area (Å²) in [7, 11) is -1.82. The SMILES string of the molecule is CN1CCN(S(=O)(=O)c2ccc(NC(=O)c3cc(F)c(F)c(F)c3F)cc2)CC1. The van der Waals surface area contributed by atoms with Crippen LogP contribution in [0.1, 0.15) is 10.4 Å². The van der Waals surface area contributed by atoms with Crippen molar-refractivity contribution in [3.63, 3.8) is 0 Å². The molecule has 0 aromatic heterocycles. The number of sulfonamides is 1. The lowest BCUT2D eigenvalue weighted by Gasteiger charge is -2.31. The fourth-order valence-corrected chi connectivity index (χ4v) is 4.25. The molecule has 1 saturated heterocycles. The van der Waals surface area contributed by atoms with Gasteiger partial charge in [0.2, 0.25) is 10.0 Å². The number of hydrogen-bond acceptors (Lipinski definition) is 4. The van der Waals surface area contributed by atoms with E-state index in [1.54, 1.807) is 0 Å². The molecule has 1 aliphatic heterocycles. The molecule has 11 heteroatoms. The minimum Gasteiger partial charge on any atom is -0.322 e. The van der Waals surface area contributed by atoms with Gasteiger partial charge in [-0.3, -0.25) is 4.79 Å². The second kappa shape index (κ2) is 8.09. The Morgan fingerprint density at radius 3 is 2.10 bits per heavy atom. The Labute approximate surface area is 164 Å². The molecule has 2 aromatic carbocycles. The number of piperazine rings is 1. The van der Waals surface area contributed by atoms with E-state index in [0.717, 1.165) is 0 Å². The summed E-state index contributed by atoms with van der Waals surface area (Å²) in [6, 6.07) is 5.27. The van der Waals surface area contributed by atoms with E-state index in [1.165, 1.54) is 28.6 Å². The summed E-state index contributed by atoms with van der Waals surface area (Å²) in [5, 5.41) is 2.19. The van der Waals surface area contributed by atoms with Crippen LogP contribution in [0.15, 0.2) is 35.2 Å². The van der Waals surface area contributed by atoms with Crippen LogP contribution in [0.4, 0.5) is 23.2 Å². The van der Waals surface area contributed by atoms with Crippen molar-refractivity contribution in [2.45, 2.75) is 4.90 Å². The van der Waals surface area contributed by atoms with Crippen molar-refractivity contribution in [1.82, 2.24) is 9.21 Å². The first kappa shape index (κ1) is 21.2. The number of likely N-dealkylation sites (N-methyl/N-ethyl adjacent to an activating group) is 1. The number of rotatable bonds is 4. The molecule has 0 unspecified atom stereocenters. The molecule has 6 nitrogen and oxygen atoms in total. The van der Waals surface area contributed by atoms with Crippen LogP contribution in [0.5, 0.6) is 0 Å². The Hall–Kier alpha value is -2.50. The lowest BCUT2D eigenvalue weighted by atomic mass is 10.1. The molecule has 156 valence electrons. The van der Waals surface area contributed by atoms with Crippen LogP contribution in [-0.2, 0) is 10.0 Å². The molecule has 0 bridgehead atoms. The highest BCUT2D eigenvalue weighted by Gasteiger charge is 2.27. The number of carbonyl (C=O) groups excluding carboxylic acids is 1. The number of nitrogens with zero attached hydrogens (tertiary/aromatic N) is 2. The van der Waals surface area contributed by atoms with Crippen LogP contribution in [-0.4, -0.2) is 56.8 Å². The van der Waals surface area contributed by atoms with Crippen LogP contribution in [0, 0.1) is 23.3 Å². The Morgan fingerprint density at radius 2 is 1.52 bits per heavy atom. The number of carbonyl (C=O) groups is 1. The van der Waals surface area contributed by atoms with Crippen molar-refractivity contribution >= 4 is 21.6 Å². The van der Waals surface area contributed by atoms with E-state index in [1.807, 2.05) is 11.9 Å². The third kappa shape index (κ3) is 4.26. The predicted octanol–water partition coefficient (Wildman–Crippen LogP) is 2.43. The topological polar surface area (TPSA) is 69.7 Å². The molecule has 1 amide bonds. The largest absolute Gasteiger partial charge is 0.322 e. The zero-order valence-electron chi connectivity index (χ0n) is 15.3. The average molecular weight is 431 g/mol. The standard InChI is InChI=1S/C18H17F4N3O3S/c1-24-6-8-25(9-7-24)29(27,28)12-4-2-11(3-5-12)23-18(26)13-10-14(19)16(21)17(22)15(13)20/h2-5,10H,6-9H2,1H3,(H,23,26). The Bertz CT molecular complexity index is 1040. The van der Waals surface area contributed by atoms with Gasteiger partial charge in [-0.15, -0.1) is 0 Å². The molecule has 0 spiro atoms. The quantitative estimate of drug-likeness (QED) is 0.459. The van der Waals surface area contributed by atoms with Gasteiger partial charge in [0.05, 0.1) is 10.5 Å². The minimum absolute atomic E-state index is 0.00473. The molecule has 3 rings (SSSR count). The van der Waals surface area contributed by atoms with E-state index in [9.17, 15) is 30.8 Å². The zero-order chi connectivity index (χ0) is 21.3. The summed E-state index contributed by atoms with van der Waals surface area (Å²) in [6.45, 7) is 1.89. The Kier molecular flexibility index (Phi) is 5.92. The second-order valence-corrected chi connectivity index (χ2v) is 8.47.